The lowest BCUT2D eigenvalue weighted by atomic mass is 10.0. The molecule has 2 heteroatoms. The van der Waals surface area contributed by atoms with Crippen LogP contribution in [0.15, 0.2) is 0 Å². The van der Waals surface area contributed by atoms with Gasteiger partial charge in [-0.15, -0.1) is 0 Å². The maximum Gasteiger partial charge on any atom is 0.0575 e. The molecular formula is C12H25NO. The molecule has 0 bridgehead atoms. The van der Waals surface area contributed by atoms with E-state index in [1.807, 2.05) is 0 Å². The Morgan fingerprint density at radius 1 is 1.29 bits per heavy atom. The molecule has 1 rings (SSSR count). The van der Waals surface area contributed by atoms with Gasteiger partial charge in [0.2, 0.25) is 0 Å². The van der Waals surface area contributed by atoms with Gasteiger partial charge in [0.15, 0.2) is 0 Å². The van der Waals surface area contributed by atoms with E-state index in [-0.39, 0.29) is 6.10 Å². The first-order valence-corrected chi connectivity index (χ1v) is 6.09. The van der Waals surface area contributed by atoms with Gasteiger partial charge in [-0.3, -0.25) is 0 Å². The van der Waals surface area contributed by atoms with Gasteiger partial charge in [-0.25, -0.2) is 0 Å². The summed E-state index contributed by atoms with van der Waals surface area (Å²) in [5, 5.41) is 13.0. The van der Waals surface area contributed by atoms with Crippen LogP contribution in [0.2, 0.25) is 0 Å². The first kappa shape index (κ1) is 12.0. The van der Waals surface area contributed by atoms with Crippen molar-refractivity contribution in [2.24, 2.45) is 11.8 Å². The minimum absolute atomic E-state index is 0.133. The quantitative estimate of drug-likeness (QED) is 0.643. The molecule has 0 radical (unpaired) electrons. The summed E-state index contributed by atoms with van der Waals surface area (Å²) in [5.41, 5.74) is 0. The van der Waals surface area contributed by atoms with E-state index in [4.69, 9.17) is 0 Å². The van der Waals surface area contributed by atoms with Crippen molar-refractivity contribution in [3.05, 3.63) is 0 Å². The highest BCUT2D eigenvalue weighted by molar-refractivity contribution is 4.70. The predicted molar refractivity (Wildman–Crippen MR) is 60.3 cm³/mol. The van der Waals surface area contributed by atoms with Crippen LogP contribution in [-0.4, -0.2) is 24.3 Å². The van der Waals surface area contributed by atoms with Crippen molar-refractivity contribution in [1.29, 1.82) is 0 Å². The molecule has 1 saturated carbocycles. The van der Waals surface area contributed by atoms with E-state index in [1.54, 1.807) is 0 Å². The standard InChI is InChI=1S/C12H25NO/c1-10(2)12(14)7-8-13-9-11-5-3-4-6-11/h10-14H,3-9H2,1-2H3. The highest BCUT2D eigenvalue weighted by Gasteiger charge is 2.14. The summed E-state index contributed by atoms with van der Waals surface area (Å²) in [6.45, 7) is 6.27. The SMILES string of the molecule is CC(C)C(O)CCNCC1CCCC1. The number of aliphatic hydroxyl groups is 1. The van der Waals surface area contributed by atoms with Crippen molar-refractivity contribution in [2.45, 2.75) is 52.1 Å². The van der Waals surface area contributed by atoms with Crippen molar-refractivity contribution in [3.8, 4) is 0 Å². The lowest BCUT2D eigenvalue weighted by molar-refractivity contribution is 0.116. The Morgan fingerprint density at radius 3 is 2.50 bits per heavy atom. The zero-order valence-corrected chi connectivity index (χ0v) is 9.63. The van der Waals surface area contributed by atoms with Crippen LogP contribution in [0.3, 0.4) is 0 Å². The van der Waals surface area contributed by atoms with E-state index in [0.29, 0.717) is 5.92 Å². The second-order valence-electron chi connectivity index (χ2n) is 4.95. The smallest absolute Gasteiger partial charge is 0.0575 e. The van der Waals surface area contributed by atoms with Gasteiger partial charge in [0.1, 0.15) is 0 Å². The molecule has 14 heavy (non-hydrogen) atoms. The molecule has 0 aromatic heterocycles. The summed E-state index contributed by atoms with van der Waals surface area (Å²) >= 11 is 0. The van der Waals surface area contributed by atoms with Gasteiger partial charge in [-0.2, -0.15) is 0 Å². The van der Waals surface area contributed by atoms with Crippen molar-refractivity contribution < 1.29 is 5.11 Å². The predicted octanol–water partition coefficient (Wildman–Crippen LogP) is 2.17. The van der Waals surface area contributed by atoms with Crippen molar-refractivity contribution in [1.82, 2.24) is 5.32 Å². The lowest BCUT2D eigenvalue weighted by Gasteiger charge is -2.15. The molecule has 0 aliphatic heterocycles. The van der Waals surface area contributed by atoms with Crippen LogP contribution < -0.4 is 5.32 Å². The van der Waals surface area contributed by atoms with Crippen molar-refractivity contribution in [3.63, 3.8) is 0 Å². The third kappa shape index (κ3) is 4.43. The largest absolute Gasteiger partial charge is 0.393 e. The Labute approximate surface area is 88.1 Å². The average molecular weight is 199 g/mol. The van der Waals surface area contributed by atoms with Gasteiger partial charge in [0, 0.05) is 0 Å². The Hall–Kier alpha value is -0.0800. The summed E-state index contributed by atoms with van der Waals surface area (Å²) in [6, 6.07) is 0. The van der Waals surface area contributed by atoms with Gasteiger partial charge < -0.3 is 10.4 Å². The van der Waals surface area contributed by atoms with Crippen molar-refractivity contribution in [2.75, 3.05) is 13.1 Å². The highest BCUT2D eigenvalue weighted by Crippen LogP contribution is 2.23. The molecule has 2 nitrogen and oxygen atoms in total. The zero-order chi connectivity index (χ0) is 10.4. The first-order valence-electron chi connectivity index (χ1n) is 6.09. The van der Waals surface area contributed by atoms with Crippen LogP contribution in [0.4, 0.5) is 0 Å². The second kappa shape index (κ2) is 6.41. The second-order valence-corrected chi connectivity index (χ2v) is 4.95. The summed E-state index contributed by atoms with van der Waals surface area (Å²) in [7, 11) is 0. The van der Waals surface area contributed by atoms with Gasteiger partial charge in [0.05, 0.1) is 6.10 Å². The topological polar surface area (TPSA) is 32.3 Å². The number of hydrogen-bond donors (Lipinski definition) is 2. The molecule has 1 atom stereocenters. The maximum absolute atomic E-state index is 9.58. The summed E-state index contributed by atoms with van der Waals surface area (Å²) in [6.07, 6.45) is 6.40. The fraction of sp³-hybridized carbons (Fsp3) is 1.00. The number of rotatable bonds is 6. The number of nitrogens with one attached hydrogen (secondary N) is 1. The van der Waals surface area contributed by atoms with Crippen LogP contribution >= 0.6 is 0 Å². The zero-order valence-electron chi connectivity index (χ0n) is 9.63. The minimum Gasteiger partial charge on any atom is -0.393 e. The molecule has 0 aromatic carbocycles. The molecule has 0 spiro atoms. The lowest BCUT2D eigenvalue weighted by Crippen LogP contribution is -2.27. The normalized spacial score (nSPS) is 20.6. The maximum atomic E-state index is 9.58. The minimum atomic E-state index is -0.133. The third-order valence-corrected chi connectivity index (χ3v) is 3.29. The Kier molecular flexibility index (Phi) is 5.49. The Morgan fingerprint density at radius 2 is 1.93 bits per heavy atom. The fourth-order valence-electron chi connectivity index (χ4n) is 2.10. The molecule has 0 amide bonds. The monoisotopic (exact) mass is 199 g/mol. The average Bonchev–Trinajstić information content (AvgIpc) is 2.64. The van der Waals surface area contributed by atoms with E-state index in [9.17, 15) is 5.11 Å². The van der Waals surface area contributed by atoms with Crippen LogP contribution in [0.25, 0.3) is 0 Å². The Balaban J connectivity index is 1.93. The van der Waals surface area contributed by atoms with Gasteiger partial charge in [-0.1, -0.05) is 26.7 Å². The van der Waals surface area contributed by atoms with E-state index in [1.165, 1.54) is 25.7 Å². The summed E-state index contributed by atoms with van der Waals surface area (Å²) in [4.78, 5) is 0. The number of aliphatic hydroxyl groups excluding tert-OH is 1. The summed E-state index contributed by atoms with van der Waals surface area (Å²) in [5.74, 6) is 1.30. The van der Waals surface area contributed by atoms with Crippen LogP contribution in [-0.2, 0) is 0 Å². The van der Waals surface area contributed by atoms with E-state index in [2.05, 4.69) is 19.2 Å². The summed E-state index contributed by atoms with van der Waals surface area (Å²) < 4.78 is 0. The first-order chi connectivity index (χ1) is 6.70. The molecule has 84 valence electrons. The molecule has 0 aromatic rings. The molecular weight excluding hydrogens is 174 g/mol. The molecule has 1 aliphatic rings. The van der Waals surface area contributed by atoms with Gasteiger partial charge in [-0.05, 0) is 44.2 Å². The molecule has 1 aliphatic carbocycles. The number of hydrogen-bond acceptors (Lipinski definition) is 2. The van der Waals surface area contributed by atoms with E-state index in [0.717, 1.165) is 25.4 Å². The molecule has 0 heterocycles. The third-order valence-electron chi connectivity index (χ3n) is 3.29. The van der Waals surface area contributed by atoms with Gasteiger partial charge >= 0.3 is 0 Å². The van der Waals surface area contributed by atoms with Crippen LogP contribution in [0.5, 0.6) is 0 Å². The fourth-order valence-corrected chi connectivity index (χ4v) is 2.10. The van der Waals surface area contributed by atoms with E-state index >= 15 is 0 Å². The molecule has 0 saturated heterocycles. The molecule has 1 unspecified atom stereocenters. The van der Waals surface area contributed by atoms with Gasteiger partial charge in [0.25, 0.3) is 0 Å². The highest BCUT2D eigenvalue weighted by atomic mass is 16.3. The molecule has 2 N–H and O–H groups in total. The Bertz CT molecular complexity index is 137. The molecule has 1 fully saturated rings. The van der Waals surface area contributed by atoms with Crippen LogP contribution in [0, 0.1) is 11.8 Å². The van der Waals surface area contributed by atoms with Crippen molar-refractivity contribution >= 4 is 0 Å². The van der Waals surface area contributed by atoms with Crippen LogP contribution in [0.1, 0.15) is 46.0 Å². The van der Waals surface area contributed by atoms with E-state index < -0.39 is 0 Å².